The fourth-order valence-electron chi connectivity index (χ4n) is 8.34. The molecule has 2 fully saturated rings. The van der Waals surface area contributed by atoms with E-state index >= 15 is 0 Å². The predicted octanol–water partition coefficient (Wildman–Crippen LogP) is 7.31. The van der Waals surface area contributed by atoms with E-state index in [1.807, 2.05) is 78.9 Å². The highest BCUT2D eigenvalue weighted by Crippen LogP contribution is 2.37. The summed E-state index contributed by atoms with van der Waals surface area (Å²) in [5.41, 5.74) is 13.0. The average Bonchev–Trinajstić information content (AvgIpc) is 3.42. The second-order valence-electron chi connectivity index (χ2n) is 17.5. The topological polar surface area (TPSA) is 248 Å². The van der Waals surface area contributed by atoms with Crippen molar-refractivity contribution in [3.63, 3.8) is 0 Å². The van der Waals surface area contributed by atoms with Crippen molar-refractivity contribution in [2.24, 2.45) is 5.11 Å². The van der Waals surface area contributed by atoms with Crippen LogP contribution in [0.5, 0.6) is 5.75 Å². The van der Waals surface area contributed by atoms with Gasteiger partial charge >= 0.3 is 24.0 Å². The largest absolute Gasteiger partial charge is 0.497 e. The standard InChI is InChI=1S/C54H64N4O17/c1-35(59)58(54(63)71-33-40-22-14-8-15-23-40)28-16-9-17-29-66-52-44(56-57-55)46(68-30-38-18-10-6-11-19-38)45(43(73-52)34-67-36(2)60)74-53-50(72-37(3)61)48(70-31-39-20-12-7-13-21-39)47(49(75-53)51(62)65-5)69-32-41-24-26-42(64-4)27-25-41/h6-8,10-15,18-27,43-50,52-53H,9,16-17,28-34H2,1-5H3/t43-,44-,45-,46-,47+,48+,49-,50-,52-,53-/m1/s1. The molecule has 0 unspecified atom stereocenters. The van der Waals surface area contributed by atoms with Crippen LogP contribution >= 0.6 is 0 Å². The van der Waals surface area contributed by atoms with Crippen molar-refractivity contribution in [1.29, 1.82) is 0 Å². The molecule has 21 heteroatoms. The minimum Gasteiger partial charge on any atom is -0.497 e. The van der Waals surface area contributed by atoms with Gasteiger partial charge in [0.15, 0.2) is 24.8 Å². The molecule has 0 saturated carbocycles. The van der Waals surface area contributed by atoms with E-state index in [0.717, 1.165) is 21.6 Å². The first kappa shape index (κ1) is 57.3. The summed E-state index contributed by atoms with van der Waals surface area (Å²) >= 11 is 0. The molecule has 0 spiro atoms. The van der Waals surface area contributed by atoms with Crippen LogP contribution in [0.1, 0.15) is 62.3 Å². The zero-order valence-corrected chi connectivity index (χ0v) is 42.5. The van der Waals surface area contributed by atoms with Gasteiger partial charge in [0.1, 0.15) is 55.5 Å². The van der Waals surface area contributed by atoms with E-state index in [4.69, 9.17) is 56.8 Å². The van der Waals surface area contributed by atoms with Crippen LogP contribution in [0.25, 0.3) is 10.4 Å². The van der Waals surface area contributed by atoms with E-state index in [1.54, 1.807) is 43.5 Å². The van der Waals surface area contributed by atoms with E-state index < -0.39 is 97.9 Å². The maximum absolute atomic E-state index is 13.9. The molecule has 0 bridgehead atoms. The van der Waals surface area contributed by atoms with Crippen LogP contribution in [0.15, 0.2) is 120 Å². The Bertz CT molecular complexity index is 2470. The third-order valence-corrected chi connectivity index (χ3v) is 12.1. The van der Waals surface area contributed by atoms with Crippen molar-refractivity contribution < 1.29 is 80.8 Å². The molecule has 2 aliphatic rings. The lowest BCUT2D eigenvalue weighted by atomic mass is 9.95. The number of methoxy groups -OCH3 is 2. The molecule has 2 aliphatic heterocycles. The molecule has 4 aromatic rings. The van der Waals surface area contributed by atoms with Gasteiger partial charge in [0.2, 0.25) is 5.91 Å². The molecule has 10 atom stereocenters. The Morgan fingerprint density at radius 1 is 0.600 bits per heavy atom. The van der Waals surface area contributed by atoms with Crippen LogP contribution in [0, 0.1) is 0 Å². The zero-order chi connectivity index (χ0) is 53.5. The Kier molecular flexibility index (Phi) is 22.8. The summed E-state index contributed by atoms with van der Waals surface area (Å²) in [7, 11) is 2.72. The number of carbonyl (C=O) groups excluding carboxylic acids is 5. The molecule has 2 amide bonds. The van der Waals surface area contributed by atoms with Gasteiger partial charge in [-0.15, -0.1) is 0 Å². The fraction of sp³-hybridized carbons (Fsp3) is 0.463. The van der Waals surface area contributed by atoms with Crippen molar-refractivity contribution in [2.45, 2.75) is 128 Å². The highest BCUT2D eigenvalue weighted by Gasteiger charge is 2.56. The van der Waals surface area contributed by atoms with E-state index in [9.17, 15) is 29.5 Å². The van der Waals surface area contributed by atoms with Crippen molar-refractivity contribution in [2.75, 3.05) is 34.0 Å². The van der Waals surface area contributed by atoms with Crippen LogP contribution in [-0.4, -0.2) is 130 Å². The van der Waals surface area contributed by atoms with Gasteiger partial charge in [-0.1, -0.05) is 108 Å². The number of hydrogen-bond donors (Lipinski definition) is 0. The number of hydrogen-bond acceptors (Lipinski definition) is 18. The lowest BCUT2D eigenvalue weighted by Crippen LogP contribution is -2.66. The van der Waals surface area contributed by atoms with Crippen molar-refractivity contribution >= 4 is 29.9 Å². The number of esters is 3. The molecule has 0 aliphatic carbocycles. The van der Waals surface area contributed by atoms with E-state index in [2.05, 4.69) is 10.0 Å². The van der Waals surface area contributed by atoms with Gasteiger partial charge in [-0.05, 0) is 59.2 Å². The number of ether oxygens (including phenoxy) is 12. The van der Waals surface area contributed by atoms with E-state index in [1.165, 1.54) is 27.9 Å². The summed E-state index contributed by atoms with van der Waals surface area (Å²) in [5.74, 6) is -2.16. The van der Waals surface area contributed by atoms with Crippen molar-refractivity contribution in [3.8, 4) is 5.75 Å². The second kappa shape index (κ2) is 29.8. The van der Waals surface area contributed by atoms with Crippen molar-refractivity contribution in [3.05, 3.63) is 148 Å². The SMILES string of the molecule is COC(=O)[C@@H]1O[C@@H](O[C@H]2[C@H](OCc3ccccc3)[C@@H](N=[N+]=[N-])[C@H](OCCCCCN(C(C)=O)C(=O)OCc3ccccc3)O[C@@H]2COC(C)=O)[C@H](OC(C)=O)[C@@H](OCc2ccccc2)[C@@H]1OCc1ccc(OC)cc1. The van der Waals surface area contributed by atoms with Gasteiger partial charge in [-0.3, -0.25) is 14.4 Å². The number of amides is 2. The molecule has 0 N–H and O–H groups in total. The number of unbranched alkanes of at least 4 members (excludes halogenated alkanes) is 2. The Hall–Kier alpha value is -6.94. The summed E-state index contributed by atoms with van der Waals surface area (Å²) in [6.45, 7) is 3.22. The van der Waals surface area contributed by atoms with Crippen LogP contribution in [-0.2, 0) is 97.7 Å². The Balaban J connectivity index is 1.28. The van der Waals surface area contributed by atoms with E-state index in [0.29, 0.717) is 30.6 Å². The van der Waals surface area contributed by atoms with Gasteiger partial charge in [0.05, 0.1) is 34.0 Å². The monoisotopic (exact) mass is 1040 g/mol. The minimum absolute atomic E-state index is 0.00503. The molecule has 2 heterocycles. The zero-order valence-electron chi connectivity index (χ0n) is 42.5. The maximum Gasteiger partial charge on any atom is 0.416 e. The summed E-state index contributed by atoms with van der Waals surface area (Å²) in [6.07, 6.45) is -11.9. The molecule has 4 aromatic carbocycles. The fourth-order valence-corrected chi connectivity index (χ4v) is 8.34. The van der Waals surface area contributed by atoms with Gasteiger partial charge in [-0.2, -0.15) is 0 Å². The quantitative estimate of drug-likeness (QED) is 0.0149. The van der Waals surface area contributed by atoms with Gasteiger partial charge < -0.3 is 56.8 Å². The second-order valence-corrected chi connectivity index (χ2v) is 17.5. The van der Waals surface area contributed by atoms with Crippen LogP contribution in [0.3, 0.4) is 0 Å². The molecular formula is C54H64N4O17. The summed E-state index contributed by atoms with van der Waals surface area (Å²) in [5, 5.41) is 4.10. The lowest BCUT2D eigenvalue weighted by molar-refractivity contribution is -0.353. The molecule has 2 saturated heterocycles. The molecule has 402 valence electrons. The lowest BCUT2D eigenvalue weighted by Gasteiger charge is -2.49. The first-order valence-corrected chi connectivity index (χ1v) is 24.4. The summed E-state index contributed by atoms with van der Waals surface area (Å²) < 4.78 is 73.1. The molecule has 0 radical (unpaired) electrons. The Morgan fingerprint density at radius 3 is 1.72 bits per heavy atom. The molecular weight excluding hydrogens is 977 g/mol. The maximum atomic E-state index is 13.9. The number of carbonyl (C=O) groups is 5. The number of nitrogens with zero attached hydrogens (tertiary/aromatic N) is 4. The highest BCUT2D eigenvalue weighted by atomic mass is 16.8. The smallest absolute Gasteiger partial charge is 0.416 e. The molecule has 21 nitrogen and oxygen atoms in total. The van der Waals surface area contributed by atoms with Crippen LogP contribution in [0.4, 0.5) is 4.79 Å². The predicted molar refractivity (Wildman–Crippen MR) is 265 cm³/mol. The molecule has 75 heavy (non-hydrogen) atoms. The highest BCUT2D eigenvalue weighted by molar-refractivity contribution is 5.90. The Morgan fingerprint density at radius 2 is 1.17 bits per heavy atom. The van der Waals surface area contributed by atoms with Crippen molar-refractivity contribution in [1.82, 2.24) is 4.90 Å². The molecule has 6 rings (SSSR count). The van der Waals surface area contributed by atoms with Gasteiger partial charge in [0.25, 0.3) is 0 Å². The number of rotatable bonds is 26. The summed E-state index contributed by atoms with van der Waals surface area (Å²) in [4.78, 5) is 68.9. The van der Waals surface area contributed by atoms with Gasteiger partial charge in [0, 0.05) is 38.8 Å². The van der Waals surface area contributed by atoms with E-state index in [-0.39, 0.29) is 39.6 Å². The first-order chi connectivity index (χ1) is 36.4. The number of azide groups is 1. The Labute approximate surface area is 435 Å². The molecule has 0 aromatic heterocycles. The van der Waals surface area contributed by atoms with Crippen LogP contribution in [0.2, 0.25) is 0 Å². The van der Waals surface area contributed by atoms with Crippen LogP contribution < -0.4 is 4.74 Å². The third kappa shape index (κ3) is 17.3. The number of imide groups is 1. The minimum atomic E-state index is -1.68. The van der Waals surface area contributed by atoms with Gasteiger partial charge in [-0.25, -0.2) is 14.5 Å². The summed E-state index contributed by atoms with van der Waals surface area (Å²) in [6, 6.07) is 33.1. The first-order valence-electron chi connectivity index (χ1n) is 24.4. The number of benzene rings is 4. The third-order valence-electron chi connectivity index (χ3n) is 12.1. The average molecular weight is 1040 g/mol. The normalized spacial score (nSPS) is 23.2.